The molecule has 6 heteroatoms. The zero-order valence-corrected chi connectivity index (χ0v) is 9.45. The second-order valence-electron chi connectivity index (χ2n) is 3.62. The summed E-state index contributed by atoms with van der Waals surface area (Å²) in [6, 6.07) is 5.82. The van der Waals surface area contributed by atoms with Crippen LogP contribution in [0.4, 0.5) is 0 Å². The zero-order chi connectivity index (χ0) is 11.9. The molecule has 0 amide bonds. The fourth-order valence-electron chi connectivity index (χ4n) is 1.45. The van der Waals surface area contributed by atoms with Crippen molar-refractivity contribution in [3.8, 4) is 0 Å². The molecule has 0 bridgehead atoms. The van der Waals surface area contributed by atoms with Gasteiger partial charge in [0.2, 0.25) is 0 Å². The summed E-state index contributed by atoms with van der Waals surface area (Å²) in [5, 5.41) is 19.8. The molecule has 2 N–H and O–H groups in total. The van der Waals surface area contributed by atoms with Crippen molar-refractivity contribution in [1.82, 2.24) is 25.3 Å². The van der Waals surface area contributed by atoms with E-state index < -0.39 is 0 Å². The van der Waals surface area contributed by atoms with E-state index in [2.05, 4.69) is 20.6 Å². The van der Waals surface area contributed by atoms with E-state index in [4.69, 9.17) is 5.11 Å². The van der Waals surface area contributed by atoms with E-state index in [0.717, 1.165) is 11.4 Å². The van der Waals surface area contributed by atoms with E-state index in [0.29, 0.717) is 19.6 Å². The number of aliphatic hydroxyl groups excluding tert-OH is 1. The second-order valence-corrected chi connectivity index (χ2v) is 3.62. The van der Waals surface area contributed by atoms with Gasteiger partial charge < -0.3 is 10.4 Å². The van der Waals surface area contributed by atoms with E-state index in [1.54, 1.807) is 10.9 Å². The smallest absolute Gasteiger partial charge is 0.0964 e. The summed E-state index contributed by atoms with van der Waals surface area (Å²) < 4.78 is 1.62. The minimum absolute atomic E-state index is 0.0736. The molecule has 0 saturated heterocycles. The Morgan fingerprint density at radius 1 is 1.24 bits per heavy atom. The van der Waals surface area contributed by atoms with Crippen molar-refractivity contribution in [1.29, 1.82) is 0 Å². The van der Waals surface area contributed by atoms with Gasteiger partial charge in [-0.05, 0) is 12.1 Å². The highest BCUT2D eigenvalue weighted by Crippen LogP contribution is 1.95. The highest BCUT2D eigenvalue weighted by molar-refractivity contribution is 5.03. The summed E-state index contributed by atoms with van der Waals surface area (Å²) in [5.74, 6) is 0. The first-order valence-corrected chi connectivity index (χ1v) is 5.49. The molecule has 0 aliphatic rings. The summed E-state index contributed by atoms with van der Waals surface area (Å²) in [6.45, 7) is 1.90. The van der Waals surface area contributed by atoms with Gasteiger partial charge in [-0.25, -0.2) is 4.68 Å². The number of aromatic nitrogens is 4. The van der Waals surface area contributed by atoms with E-state index in [9.17, 15) is 0 Å². The van der Waals surface area contributed by atoms with Gasteiger partial charge in [0.25, 0.3) is 0 Å². The average Bonchev–Trinajstić information content (AvgIpc) is 2.79. The number of rotatable bonds is 6. The lowest BCUT2D eigenvalue weighted by molar-refractivity contribution is 0.268. The standard InChI is InChI=1S/C11H15N5O/c17-6-5-16-9-11(14-15-16)8-12-7-10-3-1-2-4-13-10/h1-4,9,12,17H,5-8H2. The molecule has 90 valence electrons. The maximum atomic E-state index is 8.74. The molecule has 2 heterocycles. The Morgan fingerprint density at radius 2 is 2.12 bits per heavy atom. The maximum Gasteiger partial charge on any atom is 0.0964 e. The zero-order valence-electron chi connectivity index (χ0n) is 9.45. The Balaban J connectivity index is 1.78. The summed E-state index contributed by atoms with van der Waals surface area (Å²) >= 11 is 0. The third kappa shape index (κ3) is 3.61. The van der Waals surface area contributed by atoms with E-state index in [1.165, 1.54) is 0 Å². The number of aliphatic hydroxyl groups is 1. The average molecular weight is 233 g/mol. The molecule has 0 spiro atoms. The van der Waals surface area contributed by atoms with Crippen LogP contribution in [0, 0.1) is 0 Å². The second kappa shape index (κ2) is 6.07. The van der Waals surface area contributed by atoms with Gasteiger partial charge in [0, 0.05) is 25.5 Å². The van der Waals surface area contributed by atoms with Crippen LogP contribution in [0.5, 0.6) is 0 Å². The van der Waals surface area contributed by atoms with Crippen molar-refractivity contribution in [2.75, 3.05) is 6.61 Å². The van der Waals surface area contributed by atoms with Gasteiger partial charge in [-0.3, -0.25) is 4.98 Å². The number of nitrogens with zero attached hydrogens (tertiary/aromatic N) is 4. The highest BCUT2D eigenvalue weighted by atomic mass is 16.3. The first-order valence-electron chi connectivity index (χ1n) is 5.49. The summed E-state index contributed by atoms with van der Waals surface area (Å²) in [6.07, 6.45) is 3.59. The van der Waals surface area contributed by atoms with Crippen LogP contribution in [-0.2, 0) is 19.6 Å². The van der Waals surface area contributed by atoms with E-state index in [-0.39, 0.29) is 6.61 Å². The largest absolute Gasteiger partial charge is 0.394 e. The number of nitrogens with one attached hydrogen (secondary N) is 1. The van der Waals surface area contributed by atoms with Crippen LogP contribution < -0.4 is 5.32 Å². The van der Waals surface area contributed by atoms with Crippen LogP contribution in [-0.4, -0.2) is 31.7 Å². The van der Waals surface area contributed by atoms with Crippen LogP contribution in [0.15, 0.2) is 30.6 Å². The predicted molar refractivity (Wildman–Crippen MR) is 61.9 cm³/mol. The monoisotopic (exact) mass is 233 g/mol. The molecule has 0 aliphatic carbocycles. The Morgan fingerprint density at radius 3 is 2.88 bits per heavy atom. The first-order chi connectivity index (χ1) is 8.38. The minimum Gasteiger partial charge on any atom is -0.394 e. The lowest BCUT2D eigenvalue weighted by Crippen LogP contribution is -2.13. The Labute approximate surface area is 99.3 Å². The highest BCUT2D eigenvalue weighted by Gasteiger charge is 2.00. The van der Waals surface area contributed by atoms with Crippen LogP contribution in [0.1, 0.15) is 11.4 Å². The van der Waals surface area contributed by atoms with Crippen molar-refractivity contribution in [3.05, 3.63) is 42.0 Å². The molecular formula is C11H15N5O. The van der Waals surface area contributed by atoms with Gasteiger partial charge in [-0.2, -0.15) is 0 Å². The van der Waals surface area contributed by atoms with E-state index in [1.807, 2.05) is 24.4 Å². The van der Waals surface area contributed by atoms with Gasteiger partial charge in [-0.1, -0.05) is 11.3 Å². The molecule has 17 heavy (non-hydrogen) atoms. The molecule has 0 atom stereocenters. The molecule has 0 fully saturated rings. The Hall–Kier alpha value is -1.79. The van der Waals surface area contributed by atoms with Crippen LogP contribution in [0.3, 0.4) is 0 Å². The third-order valence-electron chi connectivity index (χ3n) is 2.25. The lowest BCUT2D eigenvalue weighted by Gasteiger charge is -2.00. The number of hydrogen-bond donors (Lipinski definition) is 2. The molecule has 0 unspecified atom stereocenters. The predicted octanol–water partition coefficient (Wildman–Crippen LogP) is -0.0448. The molecule has 2 aromatic rings. The van der Waals surface area contributed by atoms with Gasteiger partial charge >= 0.3 is 0 Å². The third-order valence-corrected chi connectivity index (χ3v) is 2.25. The summed E-state index contributed by atoms with van der Waals surface area (Å²) in [5.41, 5.74) is 1.85. The molecule has 0 aliphatic heterocycles. The van der Waals surface area contributed by atoms with Crippen LogP contribution >= 0.6 is 0 Å². The summed E-state index contributed by atoms with van der Waals surface area (Å²) in [4.78, 5) is 4.21. The topological polar surface area (TPSA) is 75.9 Å². The van der Waals surface area contributed by atoms with E-state index >= 15 is 0 Å². The van der Waals surface area contributed by atoms with Crippen molar-refractivity contribution >= 4 is 0 Å². The SMILES string of the molecule is OCCn1cc(CNCc2ccccn2)nn1. The van der Waals surface area contributed by atoms with Crippen molar-refractivity contribution in [3.63, 3.8) is 0 Å². The minimum atomic E-state index is 0.0736. The molecule has 2 aromatic heterocycles. The molecule has 0 radical (unpaired) electrons. The normalized spacial score (nSPS) is 10.6. The van der Waals surface area contributed by atoms with Gasteiger partial charge in [-0.15, -0.1) is 5.10 Å². The quantitative estimate of drug-likeness (QED) is 0.732. The maximum absolute atomic E-state index is 8.74. The molecule has 6 nitrogen and oxygen atoms in total. The number of pyridine rings is 1. The van der Waals surface area contributed by atoms with Crippen LogP contribution in [0.2, 0.25) is 0 Å². The fourth-order valence-corrected chi connectivity index (χ4v) is 1.45. The molecule has 0 saturated carbocycles. The summed E-state index contributed by atoms with van der Waals surface area (Å²) in [7, 11) is 0. The Bertz CT molecular complexity index is 442. The molecular weight excluding hydrogens is 218 g/mol. The first kappa shape index (κ1) is 11.7. The van der Waals surface area contributed by atoms with Crippen LogP contribution in [0.25, 0.3) is 0 Å². The van der Waals surface area contributed by atoms with Crippen molar-refractivity contribution < 1.29 is 5.11 Å². The molecule has 0 aromatic carbocycles. The van der Waals surface area contributed by atoms with Crippen molar-refractivity contribution in [2.24, 2.45) is 0 Å². The molecule has 2 rings (SSSR count). The Kier molecular flexibility index (Phi) is 4.17. The van der Waals surface area contributed by atoms with Gasteiger partial charge in [0.1, 0.15) is 0 Å². The van der Waals surface area contributed by atoms with Crippen molar-refractivity contribution in [2.45, 2.75) is 19.6 Å². The van der Waals surface area contributed by atoms with Gasteiger partial charge in [0.15, 0.2) is 0 Å². The van der Waals surface area contributed by atoms with Gasteiger partial charge in [0.05, 0.1) is 24.5 Å². The lowest BCUT2D eigenvalue weighted by atomic mass is 10.3. The fraction of sp³-hybridized carbons (Fsp3) is 0.364. The number of hydrogen-bond acceptors (Lipinski definition) is 5.